The van der Waals surface area contributed by atoms with Gasteiger partial charge in [0.15, 0.2) is 0 Å². The van der Waals surface area contributed by atoms with Crippen molar-refractivity contribution in [3.8, 4) is 0 Å². The summed E-state index contributed by atoms with van der Waals surface area (Å²) >= 11 is 3.96. The van der Waals surface area contributed by atoms with Crippen LogP contribution in [0.25, 0.3) is 0 Å². The molecule has 1 heterocycles. The molecular weight excluding hydrogens is 212 g/mol. The first-order valence-electron chi connectivity index (χ1n) is 5.27. The maximum Gasteiger partial charge on any atom is 0.110 e. The minimum absolute atomic E-state index is 0.411. The van der Waals surface area contributed by atoms with Crippen LogP contribution in [0, 0.1) is 5.41 Å². The van der Waals surface area contributed by atoms with Gasteiger partial charge in [-0.25, -0.2) is 0 Å². The van der Waals surface area contributed by atoms with Gasteiger partial charge in [-0.3, -0.25) is 5.41 Å². The lowest BCUT2D eigenvalue weighted by atomic mass is 10.2. The van der Waals surface area contributed by atoms with E-state index in [9.17, 15) is 0 Å². The van der Waals surface area contributed by atoms with Crippen molar-refractivity contribution in [2.45, 2.75) is 31.3 Å². The van der Waals surface area contributed by atoms with E-state index in [-0.39, 0.29) is 0 Å². The molecule has 2 unspecified atom stereocenters. The van der Waals surface area contributed by atoms with Crippen LogP contribution in [-0.2, 0) is 0 Å². The van der Waals surface area contributed by atoms with Gasteiger partial charge in [0.05, 0.1) is 5.25 Å². The summed E-state index contributed by atoms with van der Waals surface area (Å²) in [6.07, 6.45) is 0. The molecule has 0 aromatic carbocycles. The van der Waals surface area contributed by atoms with Crippen molar-refractivity contribution in [2.24, 2.45) is 0 Å². The van der Waals surface area contributed by atoms with Gasteiger partial charge in [0.2, 0.25) is 0 Å². The van der Waals surface area contributed by atoms with Gasteiger partial charge in [-0.05, 0) is 13.8 Å². The zero-order chi connectivity index (χ0) is 10.6. The van der Waals surface area contributed by atoms with Crippen LogP contribution >= 0.6 is 23.5 Å². The van der Waals surface area contributed by atoms with E-state index in [0.29, 0.717) is 10.5 Å². The molecule has 4 heteroatoms. The third-order valence-electron chi connectivity index (χ3n) is 2.56. The molecule has 0 amide bonds. The molecule has 1 rings (SSSR count). The molecule has 1 aliphatic rings. The maximum absolute atomic E-state index is 8.16. The molecule has 0 aliphatic carbocycles. The molecule has 0 aromatic rings. The summed E-state index contributed by atoms with van der Waals surface area (Å²) in [5, 5.41) is 9.17. The monoisotopic (exact) mass is 232 g/mol. The lowest BCUT2D eigenvalue weighted by Gasteiger charge is -2.33. The highest BCUT2D eigenvalue weighted by Crippen LogP contribution is 2.32. The van der Waals surface area contributed by atoms with Gasteiger partial charge in [-0.2, -0.15) is 11.8 Å². The average Bonchev–Trinajstić information content (AvgIpc) is 2.20. The Morgan fingerprint density at radius 1 is 1.29 bits per heavy atom. The van der Waals surface area contributed by atoms with Crippen LogP contribution in [0.15, 0.2) is 0 Å². The van der Waals surface area contributed by atoms with Gasteiger partial charge in [0.1, 0.15) is 5.84 Å². The lowest BCUT2D eigenvalue weighted by Crippen LogP contribution is -2.42. The van der Waals surface area contributed by atoms with Gasteiger partial charge < -0.3 is 4.90 Å². The molecule has 0 saturated carbocycles. The van der Waals surface area contributed by atoms with Gasteiger partial charge in [0.25, 0.3) is 0 Å². The second-order valence-corrected chi connectivity index (χ2v) is 6.16. The van der Waals surface area contributed by atoms with Gasteiger partial charge >= 0.3 is 0 Å². The number of rotatable bonds is 3. The Morgan fingerprint density at radius 2 is 1.86 bits per heavy atom. The molecule has 0 radical (unpaired) electrons. The molecule has 2 nitrogen and oxygen atoms in total. The molecule has 14 heavy (non-hydrogen) atoms. The summed E-state index contributed by atoms with van der Waals surface area (Å²) in [6.45, 7) is 8.43. The van der Waals surface area contributed by atoms with Gasteiger partial charge in [0, 0.05) is 29.8 Å². The van der Waals surface area contributed by atoms with Crippen LogP contribution in [-0.4, -0.2) is 45.8 Å². The molecular formula is C10H20N2S2. The van der Waals surface area contributed by atoms with Crippen LogP contribution in [0.2, 0.25) is 0 Å². The molecule has 0 bridgehead atoms. The quantitative estimate of drug-likeness (QED) is 0.598. The van der Waals surface area contributed by atoms with Gasteiger partial charge in [-0.1, -0.05) is 6.92 Å². The maximum atomic E-state index is 8.16. The highest BCUT2D eigenvalue weighted by Gasteiger charge is 2.28. The zero-order valence-electron chi connectivity index (χ0n) is 9.25. The first-order chi connectivity index (χ1) is 6.70. The van der Waals surface area contributed by atoms with Crippen molar-refractivity contribution in [1.82, 2.24) is 4.90 Å². The Kier molecular flexibility index (Phi) is 5.17. The molecule has 1 fully saturated rings. The highest BCUT2D eigenvalue weighted by molar-refractivity contribution is 8.07. The van der Waals surface area contributed by atoms with Gasteiger partial charge in [-0.15, -0.1) is 11.8 Å². The van der Waals surface area contributed by atoms with E-state index in [1.807, 2.05) is 23.5 Å². The summed E-state index contributed by atoms with van der Waals surface area (Å²) in [4.78, 5) is 2.17. The summed E-state index contributed by atoms with van der Waals surface area (Å²) in [5.41, 5.74) is 0. The summed E-state index contributed by atoms with van der Waals surface area (Å²) in [5.74, 6) is 3.27. The van der Waals surface area contributed by atoms with Crippen LogP contribution in [0.5, 0.6) is 0 Å². The van der Waals surface area contributed by atoms with E-state index in [1.165, 1.54) is 11.5 Å². The van der Waals surface area contributed by atoms with Crippen molar-refractivity contribution in [3.05, 3.63) is 0 Å². The molecule has 82 valence electrons. The molecule has 1 N–H and O–H groups in total. The minimum atomic E-state index is 0.411. The summed E-state index contributed by atoms with van der Waals surface area (Å²) in [6, 6.07) is 0. The third-order valence-corrected chi connectivity index (χ3v) is 5.66. The predicted octanol–water partition coefficient (Wildman–Crippen LogP) is 2.54. The zero-order valence-corrected chi connectivity index (χ0v) is 10.9. The second kappa shape index (κ2) is 5.91. The molecule has 0 aromatic heterocycles. The number of nitrogens with one attached hydrogen (secondary N) is 1. The molecule has 1 saturated heterocycles. The van der Waals surface area contributed by atoms with Crippen molar-refractivity contribution in [1.29, 1.82) is 5.41 Å². The predicted molar refractivity (Wildman–Crippen MR) is 68.8 cm³/mol. The highest BCUT2D eigenvalue weighted by atomic mass is 32.2. The number of hydrogen-bond acceptors (Lipinski definition) is 3. The van der Waals surface area contributed by atoms with E-state index in [2.05, 4.69) is 25.7 Å². The van der Waals surface area contributed by atoms with Crippen molar-refractivity contribution in [3.63, 3.8) is 0 Å². The van der Waals surface area contributed by atoms with E-state index < -0.39 is 0 Å². The molecule has 2 atom stereocenters. The molecule has 0 spiro atoms. The van der Waals surface area contributed by atoms with Crippen LogP contribution in [0.4, 0.5) is 0 Å². The van der Waals surface area contributed by atoms with Crippen LogP contribution in [0.3, 0.4) is 0 Å². The van der Waals surface area contributed by atoms with E-state index in [1.54, 1.807) is 0 Å². The standard InChI is InChI=1S/C10H20N2S2/c1-4-12(5-2)10(11)9-8(3)13-6-7-14-9/h8-9,11H,4-7H2,1-3H3. The number of nitrogens with zero attached hydrogens (tertiary/aromatic N) is 1. The third kappa shape index (κ3) is 2.83. The van der Waals surface area contributed by atoms with Crippen molar-refractivity contribution >= 4 is 29.4 Å². The van der Waals surface area contributed by atoms with Crippen molar-refractivity contribution in [2.75, 3.05) is 24.6 Å². The Hall–Kier alpha value is 0.170. The SMILES string of the molecule is CCN(CC)C(=N)C1SCCSC1C. The number of hydrogen-bond donors (Lipinski definition) is 1. The fourth-order valence-corrected chi connectivity index (χ4v) is 4.43. The minimum Gasteiger partial charge on any atom is -0.360 e. The number of thioether (sulfide) groups is 2. The van der Waals surface area contributed by atoms with E-state index in [4.69, 9.17) is 5.41 Å². The second-order valence-electron chi connectivity index (χ2n) is 3.42. The van der Waals surface area contributed by atoms with Crippen LogP contribution in [0.1, 0.15) is 20.8 Å². The first kappa shape index (κ1) is 12.2. The summed E-state index contributed by atoms with van der Waals surface area (Å²) < 4.78 is 0. The largest absolute Gasteiger partial charge is 0.360 e. The topological polar surface area (TPSA) is 27.1 Å². The normalized spacial score (nSPS) is 27.4. The van der Waals surface area contributed by atoms with Crippen LogP contribution < -0.4 is 0 Å². The van der Waals surface area contributed by atoms with E-state index >= 15 is 0 Å². The molecule has 1 aliphatic heterocycles. The fraction of sp³-hybridized carbons (Fsp3) is 0.900. The van der Waals surface area contributed by atoms with E-state index in [0.717, 1.165) is 18.9 Å². The number of amidine groups is 1. The average molecular weight is 232 g/mol. The smallest absolute Gasteiger partial charge is 0.110 e. The first-order valence-corrected chi connectivity index (χ1v) is 7.37. The Balaban J connectivity index is 2.57. The Bertz CT molecular complexity index is 193. The Labute approximate surface area is 95.7 Å². The Morgan fingerprint density at radius 3 is 2.36 bits per heavy atom. The summed E-state index contributed by atoms with van der Waals surface area (Å²) in [7, 11) is 0. The lowest BCUT2D eigenvalue weighted by molar-refractivity contribution is 0.453. The van der Waals surface area contributed by atoms with Crippen molar-refractivity contribution < 1.29 is 0 Å². The fourth-order valence-electron chi connectivity index (χ4n) is 1.68.